The van der Waals surface area contributed by atoms with Gasteiger partial charge in [-0.3, -0.25) is 4.99 Å². The molecule has 0 saturated carbocycles. The van der Waals surface area contributed by atoms with Gasteiger partial charge < -0.3 is 10.6 Å². The predicted molar refractivity (Wildman–Crippen MR) is 99.5 cm³/mol. The molecule has 0 amide bonds. The first kappa shape index (κ1) is 20.2. The van der Waals surface area contributed by atoms with Crippen molar-refractivity contribution in [2.24, 2.45) is 4.99 Å². The van der Waals surface area contributed by atoms with Crippen molar-refractivity contribution in [1.29, 1.82) is 0 Å². The number of thiazole rings is 1. The summed E-state index contributed by atoms with van der Waals surface area (Å²) in [5.74, 6) is 0.523. The number of hydrogen-bond acceptors (Lipinski definition) is 3. The zero-order chi connectivity index (χ0) is 19.4. The summed E-state index contributed by atoms with van der Waals surface area (Å²) in [6.07, 6.45) is -4.41. The van der Waals surface area contributed by atoms with Crippen LogP contribution in [0.4, 0.5) is 13.2 Å². The van der Waals surface area contributed by atoms with E-state index in [1.807, 2.05) is 6.07 Å². The Balaban J connectivity index is 1.92. The largest absolute Gasteiger partial charge is 0.434 e. The normalized spacial score (nSPS) is 13.0. The molecule has 8 heteroatoms. The zero-order valence-electron chi connectivity index (χ0n) is 15.2. The van der Waals surface area contributed by atoms with Gasteiger partial charge >= 0.3 is 6.18 Å². The number of aliphatic imine (C=N–C) groups is 1. The molecular formula is C18H23F3N4S. The van der Waals surface area contributed by atoms with Gasteiger partial charge in [0.2, 0.25) is 0 Å². The lowest BCUT2D eigenvalue weighted by Gasteiger charge is -2.27. The smallest absolute Gasteiger partial charge is 0.356 e. The molecule has 2 rings (SSSR count). The van der Waals surface area contributed by atoms with Crippen LogP contribution in [-0.2, 0) is 18.1 Å². The number of benzene rings is 1. The summed E-state index contributed by atoms with van der Waals surface area (Å²) >= 11 is 0.975. The molecule has 0 aliphatic carbocycles. The number of nitrogens with zero attached hydrogens (tertiary/aromatic N) is 2. The molecular weight excluding hydrogens is 361 g/mol. The minimum absolute atomic E-state index is 0.131. The fraction of sp³-hybridized carbons (Fsp3) is 0.444. The van der Waals surface area contributed by atoms with Gasteiger partial charge in [0.15, 0.2) is 11.7 Å². The van der Waals surface area contributed by atoms with Crippen molar-refractivity contribution in [1.82, 2.24) is 15.6 Å². The number of halogens is 3. The summed E-state index contributed by atoms with van der Waals surface area (Å²) in [6, 6.07) is 8.31. The molecule has 0 atom stereocenters. The Labute approximate surface area is 155 Å². The molecule has 4 nitrogen and oxygen atoms in total. The molecule has 0 bridgehead atoms. The average molecular weight is 384 g/mol. The summed E-state index contributed by atoms with van der Waals surface area (Å²) in [5.41, 5.74) is 1.41. The van der Waals surface area contributed by atoms with Crippen LogP contribution in [-0.4, -0.2) is 24.5 Å². The summed E-state index contributed by atoms with van der Waals surface area (Å²) in [5, 5.41) is 7.62. The molecule has 0 aliphatic heterocycles. The lowest BCUT2D eigenvalue weighted by molar-refractivity contribution is -0.140. The Bertz CT molecular complexity index is 766. The van der Waals surface area contributed by atoms with Gasteiger partial charge in [-0.05, 0) is 12.5 Å². The van der Waals surface area contributed by atoms with E-state index in [9.17, 15) is 13.2 Å². The maximum Gasteiger partial charge on any atom is 0.434 e. The van der Waals surface area contributed by atoms with Gasteiger partial charge in [-0.25, -0.2) is 4.98 Å². The van der Waals surface area contributed by atoms with Gasteiger partial charge in [0.25, 0.3) is 0 Å². The number of aryl methyl sites for hydroxylation is 1. The monoisotopic (exact) mass is 384 g/mol. The van der Waals surface area contributed by atoms with Crippen LogP contribution in [0, 0.1) is 6.92 Å². The van der Waals surface area contributed by atoms with Crippen LogP contribution in [0.25, 0.3) is 0 Å². The maximum absolute atomic E-state index is 12.6. The highest BCUT2D eigenvalue weighted by Crippen LogP contribution is 2.30. The number of guanidine groups is 1. The second-order valence-corrected chi connectivity index (χ2v) is 7.60. The third-order valence-electron chi connectivity index (χ3n) is 3.97. The molecule has 0 aliphatic rings. The predicted octanol–water partition coefficient (Wildman–Crippen LogP) is 4.11. The van der Waals surface area contributed by atoms with E-state index in [1.165, 1.54) is 11.1 Å². The second-order valence-electron chi connectivity index (χ2n) is 6.66. The van der Waals surface area contributed by atoms with Crippen LogP contribution in [0.15, 0.2) is 34.6 Å². The molecule has 142 valence electrons. The lowest BCUT2D eigenvalue weighted by Crippen LogP contribution is -2.43. The molecule has 1 aromatic heterocycles. The topological polar surface area (TPSA) is 49.3 Å². The van der Waals surface area contributed by atoms with Crippen molar-refractivity contribution < 1.29 is 13.2 Å². The maximum atomic E-state index is 12.6. The highest BCUT2D eigenvalue weighted by Gasteiger charge is 2.33. The van der Waals surface area contributed by atoms with E-state index < -0.39 is 11.9 Å². The van der Waals surface area contributed by atoms with E-state index >= 15 is 0 Å². The molecule has 0 fully saturated rings. The van der Waals surface area contributed by atoms with Gasteiger partial charge in [-0.1, -0.05) is 43.7 Å². The molecule has 26 heavy (non-hydrogen) atoms. The van der Waals surface area contributed by atoms with Crippen LogP contribution < -0.4 is 10.6 Å². The Morgan fingerprint density at radius 2 is 1.96 bits per heavy atom. The Morgan fingerprint density at radius 3 is 2.54 bits per heavy atom. The first-order chi connectivity index (χ1) is 12.1. The quantitative estimate of drug-likeness (QED) is 0.602. The number of alkyl halides is 3. The SMILES string of the molecule is CN=C(NCc1nc(C(F)(F)F)cs1)NCC(C)(C)c1cccc(C)c1. The Morgan fingerprint density at radius 1 is 1.23 bits per heavy atom. The van der Waals surface area contributed by atoms with Crippen LogP contribution in [0.1, 0.15) is 35.7 Å². The van der Waals surface area contributed by atoms with Gasteiger partial charge in [-0.2, -0.15) is 13.2 Å². The Hall–Kier alpha value is -2.09. The van der Waals surface area contributed by atoms with E-state index in [0.717, 1.165) is 16.7 Å². The molecule has 2 aromatic rings. The zero-order valence-corrected chi connectivity index (χ0v) is 16.1. The molecule has 0 unspecified atom stereocenters. The molecule has 2 N–H and O–H groups in total. The highest BCUT2D eigenvalue weighted by molar-refractivity contribution is 7.09. The van der Waals surface area contributed by atoms with E-state index in [0.29, 0.717) is 17.5 Å². The summed E-state index contributed by atoms with van der Waals surface area (Å²) in [4.78, 5) is 7.72. The summed E-state index contributed by atoms with van der Waals surface area (Å²) in [6.45, 7) is 7.11. The highest BCUT2D eigenvalue weighted by atomic mass is 32.1. The van der Waals surface area contributed by atoms with Gasteiger partial charge in [0.1, 0.15) is 5.01 Å². The molecule has 0 spiro atoms. The minimum atomic E-state index is -4.41. The number of rotatable bonds is 5. The second kappa shape index (κ2) is 8.07. The fourth-order valence-corrected chi connectivity index (χ4v) is 3.12. The molecule has 1 heterocycles. The van der Waals surface area contributed by atoms with Crippen LogP contribution >= 0.6 is 11.3 Å². The summed E-state index contributed by atoms with van der Waals surface area (Å²) in [7, 11) is 1.62. The number of hydrogen-bond donors (Lipinski definition) is 2. The number of nitrogens with one attached hydrogen (secondary N) is 2. The van der Waals surface area contributed by atoms with Crippen LogP contribution in [0.5, 0.6) is 0 Å². The third-order valence-corrected chi connectivity index (χ3v) is 4.82. The van der Waals surface area contributed by atoms with E-state index in [4.69, 9.17) is 0 Å². The number of aromatic nitrogens is 1. The van der Waals surface area contributed by atoms with Crippen molar-refractivity contribution in [3.63, 3.8) is 0 Å². The third kappa shape index (κ3) is 5.45. The van der Waals surface area contributed by atoms with E-state index in [1.54, 1.807) is 7.05 Å². The fourth-order valence-electron chi connectivity index (χ4n) is 2.38. The van der Waals surface area contributed by atoms with Gasteiger partial charge in [-0.15, -0.1) is 11.3 Å². The van der Waals surface area contributed by atoms with Gasteiger partial charge in [0, 0.05) is 24.4 Å². The van der Waals surface area contributed by atoms with Crippen molar-refractivity contribution in [2.45, 2.75) is 38.9 Å². The molecule has 0 saturated heterocycles. The van der Waals surface area contributed by atoms with Crippen molar-refractivity contribution in [2.75, 3.05) is 13.6 Å². The van der Waals surface area contributed by atoms with Crippen LogP contribution in [0.3, 0.4) is 0 Å². The van der Waals surface area contributed by atoms with E-state index in [2.05, 4.69) is 59.6 Å². The minimum Gasteiger partial charge on any atom is -0.356 e. The van der Waals surface area contributed by atoms with Gasteiger partial charge in [0.05, 0.1) is 6.54 Å². The van der Waals surface area contributed by atoms with Crippen molar-refractivity contribution in [3.8, 4) is 0 Å². The first-order valence-electron chi connectivity index (χ1n) is 8.15. The molecule has 1 aromatic carbocycles. The van der Waals surface area contributed by atoms with Crippen LogP contribution in [0.2, 0.25) is 0 Å². The standard InChI is InChI=1S/C18H23F3N4S/c1-12-6-5-7-13(8-12)17(2,3)11-24-16(22-4)23-9-15-25-14(10-26-15)18(19,20)21/h5-8,10H,9,11H2,1-4H3,(H2,22,23,24). The van der Waals surface area contributed by atoms with E-state index in [-0.39, 0.29) is 12.0 Å². The average Bonchev–Trinajstić information content (AvgIpc) is 3.04. The molecule has 0 radical (unpaired) electrons. The van der Waals surface area contributed by atoms with Crippen molar-refractivity contribution >= 4 is 17.3 Å². The Kier molecular flexibility index (Phi) is 6.28. The van der Waals surface area contributed by atoms with Crippen molar-refractivity contribution in [3.05, 3.63) is 51.5 Å². The lowest BCUT2D eigenvalue weighted by atomic mass is 9.84. The first-order valence-corrected chi connectivity index (χ1v) is 9.03. The summed E-state index contributed by atoms with van der Waals surface area (Å²) < 4.78 is 37.8.